The molecule has 0 heterocycles. The fourth-order valence-corrected chi connectivity index (χ4v) is 1.26. The van der Waals surface area contributed by atoms with Crippen molar-refractivity contribution in [2.24, 2.45) is 0 Å². The van der Waals surface area contributed by atoms with E-state index in [-0.39, 0.29) is 10.2 Å². The van der Waals surface area contributed by atoms with Gasteiger partial charge in [-0.1, -0.05) is 11.6 Å². The van der Waals surface area contributed by atoms with E-state index in [1.807, 2.05) is 0 Å². The number of halogens is 1. The Morgan fingerprint density at radius 1 is 1.23 bits per heavy atom. The lowest BCUT2D eigenvalue weighted by atomic mass is 10.2. The van der Waals surface area contributed by atoms with Gasteiger partial charge in [0.2, 0.25) is 0 Å². The van der Waals surface area contributed by atoms with Gasteiger partial charge in [-0.25, -0.2) is 0 Å². The summed E-state index contributed by atoms with van der Waals surface area (Å²) in [5, 5.41) is 18.3. The summed E-state index contributed by atoms with van der Waals surface area (Å²) in [5.74, 6) is 0. The molecule has 0 atom stereocenters. The lowest BCUT2D eigenvalue weighted by Crippen LogP contribution is -2.26. The van der Waals surface area contributed by atoms with Crippen LogP contribution in [0.3, 0.4) is 0 Å². The first kappa shape index (κ1) is 9.61. The van der Waals surface area contributed by atoms with Crippen LogP contribution in [0.15, 0.2) is 12.1 Å². The van der Waals surface area contributed by atoms with Crippen LogP contribution in [0.1, 0.15) is 10.4 Å². The van der Waals surface area contributed by atoms with E-state index in [1.54, 1.807) is 0 Å². The molecule has 0 unspecified atom stereocenters. The van der Waals surface area contributed by atoms with Gasteiger partial charge in [0.1, 0.15) is 6.29 Å². The Balaban J connectivity index is 3.68. The summed E-state index contributed by atoms with van der Waals surface area (Å²) in [6.07, 6.45) is 2.17. The van der Waals surface area contributed by atoms with Gasteiger partial charge < -0.3 is 10.2 Å². The number of carbonyl (C=O) groups excluding carboxylic acids is 1. The highest BCUT2D eigenvalue weighted by Crippen LogP contribution is 2.00. The Labute approximate surface area is 79.2 Å². The minimum absolute atomic E-state index is 0.215. The molecule has 2 N–H and O–H groups in total. The van der Waals surface area contributed by atoms with Crippen molar-refractivity contribution in [2.75, 3.05) is 0 Å². The van der Waals surface area contributed by atoms with Crippen molar-refractivity contribution < 1.29 is 15.0 Å². The maximum atomic E-state index is 10.4. The molecule has 0 bridgehead atoms. The molecular formula is C9H7ClO3. The third-order valence-electron chi connectivity index (χ3n) is 1.59. The molecular weight excluding hydrogens is 192 g/mol. The molecule has 1 aromatic rings. The highest BCUT2D eigenvalue weighted by Gasteiger charge is 1.97. The molecule has 13 heavy (non-hydrogen) atoms. The molecule has 1 aromatic carbocycles. The molecule has 0 amide bonds. The number of benzene rings is 1. The van der Waals surface area contributed by atoms with Gasteiger partial charge in [-0.2, -0.15) is 0 Å². The van der Waals surface area contributed by atoms with Gasteiger partial charge in [-0.3, -0.25) is 4.79 Å². The number of rotatable bonds is 1. The van der Waals surface area contributed by atoms with E-state index in [2.05, 4.69) is 0 Å². The second-order valence-corrected chi connectivity index (χ2v) is 2.79. The minimum Gasteiger partial charge on any atom is -0.515 e. The Morgan fingerprint density at radius 2 is 1.92 bits per heavy atom. The van der Waals surface area contributed by atoms with Gasteiger partial charge in [-0.15, -0.1) is 0 Å². The minimum atomic E-state index is 0.215. The molecule has 4 heteroatoms. The SMILES string of the molecule is O=Cc1cc(Cl)c(=CO)c(=CO)c1. The predicted molar refractivity (Wildman–Crippen MR) is 50.3 cm³/mol. The highest BCUT2D eigenvalue weighted by atomic mass is 35.5. The first-order valence-corrected chi connectivity index (χ1v) is 3.84. The van der Waals surface area contributed by atoms with Gasteiger partial charge in [0.05, 0.1) is 17.5 Å². The van der Waals surface area contributed by atoms with E-state index in [0.29, 0.717) is 17.1 Å². The smallest absolute Gasteiger partial charge is 0.150 e. The number of hydrogen-bond donors (Lipinski definition) is 2. The highest BCUT2D eigenvalue weighted by molar-refractivity contribution is 6.30. The number of aliphatic hydroxyl groups excluding tert-OH is 2. The van der Waals surface area contributed by atoms with Gasteiger partial charge in [0.25, 0.3) is 0 Å². The number of aliphatic hydroxyl groups is 2. The maximum absolute atomic E-state index is 10.4. The third kappa shape index (κ3) is 1.81. The fourth-order valence-electron chi connectivity index (χ4n) is 0.972. The van der Waals surface area contributed by atoms with Gasteiger partial charge in [0.15, 0.2) is 0 Å². The summed E-state index contributed by atoms with van der Waals surface area (Å²) in [6, 6.07) is 2.82. The van der Waals surface area contributed by atoms with Crippen LogP contribution in [0.25, 0.3) is 12.5 Å². The molecule has 0 aliphatic carbocycles. The van der Waals surface area contributed by atoms with Crippen molar-refractivity contribution in [1.82, 2.24) is 0 Å². The molecule has 0 saturated heterocycles. The summed E-state index contributed by atoms with van der Waals surface area (Å²) in [7, 11) is 0. The van der Waals surface area contributed by atoms with E-state index in [9.17, 15) is 4.79 Å². The zero-order valence-corrected chi connectivity index (χ0v) is 7.32. The Morgan fingerprint density at radius 3 is 2.38 bits per heavy atom. The normalized spacial score (nSPS) is 13.3. The van der Waals surface area contributed by atoms with Crippen LogP contribution in [0.5, 0.6) is 0 Å². The lowest BCUT2D eigenvalue weighted by Gasteiger charge is -1.94. The topological polar surface area (TPSA) is 57.5 Å². The molecule has 0 spiro atoms. The Bertz CT molecular complexity index is 437. The van der Waals surface area contributed by atoms with Crippen LogP contribution >= 0.6 is 11.6 Å². The van der Waals surface area contributed by atoms with Crippen LogP contribution in [-0.2, 0) is 0 Å². The zero-order chi connectivity index (χ0) is 9.84. The van der Waals surface area contributed by atoms with Gasteiger partial charge in [-0.05, 0) is 12.1 Å². The zero-order valence-electron chi connectivity index (χ0n) is 6.57. The van der Waals surface area contributed by atoms with Crippen LogP contribution in [-0.4, -0.2) is 16.5 Å². The van der Waals surface area contributed by atoms with E-state index in [4.69, 9.17) is 21.8 Å². The summed E-state index contributed by atoms with van der Waals surface area (Å²) < 4.78 is 0. The van der Waals surface area contributed by atoms with Crippen LogP contribution in [0, 0.1) is 0 Å². The van der Waals surface area contributed by atoms with Crippen molar-refractivity contribution >= 4 is 30.4 Å². The number of aldehydes is 1. The largest absolute Gasteiger partial charge is 0.515 e. The molecule has 68 valence electrons. The molecule has 0 radical (unpaired) electrons. The third-order valence-corrected chi connectivity index (χ3v) is 1.90. The summed E-state index contributed by atoms with van der Waals surface area (Å²) in [6.45, 7) is 0. The molecule has 0 saturated carbocycles. The summed E-state index contributed by atoms with van der Waals surface area (Å²) in [5.41, 5.74) is 0.343. The van der Waals surface area contributed by atoms with Crippen LogP contribution < -0.4 is 10.4 Å². The van der Waals surface area contributed by atoms with E-state index in [0.717, 1.165) is 12.5 Å². The van der Waals surface area contributed by atoms with E-state index in [1.165, 1.54) is 12.1 Å². The number of hydrogen-bond acceptors (Lipinski definition) is 3. The maximum Gasteiger partial charge on any atom is 0.150 e. The van der Waals surface area contributed by atoms with E-state index >= 15 is 0 Å². The van der Waals surface area contributed by atoms with Gasteiger partial charge >= 0.3 is 0 Å². The Kier molecular flexibility index (Phi) is 2.93. The van der Waals surface area contributed by atoms with Crippen molar-refractivity contribution in [2.45, 2.75) is 0 Å². The Hall–Kier alpha value is -1.48. The molecule has 1 rings (SSSR count). The standard InChI is InChI=1S/C9H7ClO3/c10-9-2-6(3-11)1-7(4-12)8(9)5-13/h1-5,12-13H. The van der Waals surface area contributed by atoms with Crippen molar-refractivity contribution in [3.05, 3.63) is 33.2 Å². The predicted octanol–water partition coefficient (Wildman–Crippen LogP) is 0.745. The first-order chi connectivity index (χ1) is 6.22. The molecule has 0 aromatic heterocycles. The van der Waals surface area contributed by atoms with E-state index < -0.39 is 0 Å². The van der Waals surface area contributed by atoms with Crippen LogP contribution in [0.4, 0.5) is 0 Å². The van der Waals surface area contributed by atoms with Crippen LogP contribution in [0.2, 0.25) is 5.02 Å². The van der Waals surface area contributed by atoms with Crippen molar-refractivity contribution in [1.29, 1.82) is 0 Å². The summed E-state index contributed by atoms with van der Waals surface area (Å²) in [4.78, 5) is 10.4. The van der Waals surface area contributed by atoms with Crippen molar-refractivity contribution in [3.8, 4) is 0 Å². The molecule has 0 fully saturated rings. The average Bonchev–Trinajstić information content (AvgIpc) is 2.16. The second-order valence-electron chi connectivity index (χ2n) is 2.38. The molecule has 0 aliphatic heterocycles. The fraction of sp³-hybridized carbons (Fsp3) is 0. The summed E-state index contributed by atoms with van der Waals surface area (Å²) >= 11 is 5.71. The van der Waals surface area contributed by atoms with Crippen molar-refractivity contribution in [3.63, 3.8) is 0 Å². The average molecular weight is 199 g/mol. The monoisotopic (exact) mass is 198 g/mol. The first-order valence-electron chi connectivity index (χ1n) is 3.46. The molecule has 3 nitrogen and oxygen atoms in total. The lowest BCUT2D eigenvalue weighted by molar-refractivity contribution is 0.112. The number of carbonyl (C=O) groups is 1. The second kappa shape index (κ2) is 3.96. The van der Waals surface area contributed by atoms with Gasteiger partial charge in [0, 0.05) is 16.0 Å². The quantitative estimate of drug-likeness (QED) is 0.655. The molecule has 0 aliphatic rings.